The van der Waals surface area contributed by atoms with Crippen LogP contribution in [-0.4, -0.2) is 52.8 Å². The normalized spacial score (nSPS) is 18.4. The molecule has 2 amide bonds. The summed E-state index contributed by atoms with van der Waals surface area (Å²) in [7, 11) is 1.60. The minimum absolute atomic E-state index is 0.00834. The minimum atomic E-state index is -0.854. The van der Waals surface area contributed by atoms with E-state index in [-0.39, 0.29) is 30.1 Å². The highest BCUT2D eigenvalue weighted by Crippen LogP contribution is 2.44. The highest BCUT2D eigenvalue weighted by Gasteiger charge is 2.39. The van der Waals surface area contributed by atoms with Gasteiger partial charge in [0.1, 0.15) is 6.61 Å². The molecule has 0 saturated heterocycles. The van der Waals surface area contributed by atoms with Crippen LogP contribution in [0.5, 0.6) is 0 Å². The van der Waals surface area contributed by atoms with E-state index in [1.165, 1.54) is 11.0 Å². The van der Waals surface area contributed by atoms with Gasteiger partial charge < -0.3 is 19.3 Å². The fourth-order valence-electron chi connectivity index (χ4n) is 4.62. The van der Waals surface area contributed by atoms with Gasteiger partial charge in [-0.1, -0.05) is 53.7 Å². The Kier molecular flexibility index (Phi) is 5.53. The van der Waals surface area contributed by atoms with E-state index in [4.69, 9.17) is 14.4 Å². The van der Waals surface area contributed by atoms with E-state index < -0.39 is 23.9 Å². The van der Waals surface area contributed by atoms with Gasteiger partial charge in [0.05, 0.1) is 5.92 Å². The molecule has 34 heavy (non-hydrogen) atoms. The van der Waals surface area contributed by atoms with E-state index in [9.17, 15) is 14.4 Å². The molecule has 0 bridgehead atoms. The van der Waals surface area contributed by atoms with Gasteiger partial charge in [0.25, 0.3) is 5.91 Å². The van der Waals surface area contributed by atoms with E-state index in [2.05, 4.69) is 22.6 Å². The number of aliphatic carboxylic acids is 1. The lowest BCUT2D eigenvalue weighted by atomic mass is 9.79. The minimum Gasteiger partial charge on any atom is -0.481 e. The van der Waals surface area contributed by atoms with Crippen molar-refractivity contribution in [1.29, 1.82) is 0 Å². The van der Waals surface area contributed by atoms with Crippen LogP contribution < -0.4 is 5.32 Å². The maximum absolute atomic E-state index is 12.6. The fourth-order valence-corrected chi connectivity index (χ4v) is 4.62. The van der Waals surface area contributed by atoms with E-state index in [1.807, 2.05) is 36.4 Å². The number of hydrogen-bond acceptors (Lipinski definition) is 6. The lowest BCUT2D eigenvalue weighted by Crippen LogP contribution is -2.47. The quantitative estimate of drug-likeness (QED) is 0.569. The molecule has 0 radical (unpaired) electrons. The first kappa shape index (κ1) is 21.7. The zero-order valence-electron chi connectivity index (χ0n) is 18.4. The summed E-state index contributed by atoms with van der Waals surface area (Å²) in [5.74, 6) is -1.77. The Morgan fingerprint density at radius 1 is 1.09 bits per heavy atom. The topological polar surface area (TPSA) is 122 Å². The SMILES string of the molecule is CN(C(=O)c1cc(NC(=O)OCC2c3ccccc3-c3ccccc32)on1)C1CC(C(=O)O)C1. The number of carbonyl (C=O) groups excluding carboxylic acids is 2. The first-order chi connectivity index (χ1) is 16.4. The largest absolute Gasteiger partial charge is 0.481 e. The predicted octanol–water partition coefficient (Wildman–Crippen LogP) is 3.97. The molecule has 2 aliphatic rings. The van der Waals surface area contributed by atoms with E-state index >= 15 is 0 Å². The molecule has 9 heteroatoms. The number of carbonyl (C=O) groups is 3. The molecule has 0 atom stereocenters. The van der Waals surface area contributed by atoms with Gasteiger partial charge in [-0.25, -0.2) is 4.79 Å². The molecule has 1 heterocycles. The Balaban J connectivity index is 1.18. The van der Waals surface area contributed by atoms with Crippen molar-refractivity contribution >= 4 is 23.9 Å². The van der Waals surface area contributed by atoms with Gasteiger partial charge in [-0.05, 0) is 35.1 Å². The lowest BCUT2D eigenvalue weighted by molar-refractivity contribution is -0.146. The average molecular weight is 461 g/mol. The molecule has 0 unspecified atom stereocenters. The van der Waals surface area contributed by atoms with Crippen molar-refractivity contribution in [2.24, 2.45) is 5.92 Å². The Labute approximate surface area is 195 Å². The molecule has 9 nitrogen and oxygen atoms in total. The maximum atomic E-state index is 12.6. The molecule has 0 spiro atoms. The Morgan fingerprint density at radius 3 is 2.32 bits per heavy atom. The zero-order valence-corrected chi connectivity index (χ0v) is 18.4. The summed E-state index contributed by atoms with van der Waals surface area (Å²) in [6.07, 6.45) is 0.0919. The van der Waals surface area contributed by atoms with Gasteiger partial charge in [0, 0.05) is 25.1 Å². The second-order valence-corrected chi connectivity index (χ2v) is 8.60. The molecule has 0 aliphatic heterocycles. The summed E-state index contributed by atoms with van der Waals surface area (Å²) in [4.78, 5) is 37.4. The third-order valence-corrected chi connectivity index (χ3v) is 6.63. The van der Waals surface area contributed by atoms with Gasteiger partial charge in [-0.2, -0.15) is 0 Å². The van der Waals surface area contributed by atoms with E-state index in [0.717, 1.165) is 22.3 Å². The number of rotatable bonds is 6. The van der Waals surface area contributed by atoms with Crippen molar-refractivity contribution < 1.29 is 28.8 Å². The Hall–Kier alpha value is -4.14. The van der Waals surface area contributed by atoms with Crippen LogP contribution in [0.1, 0.15) is 40.4 Å². The van der Waals surface area contributed by atoms with Crippen LogP contribution in [0.2, 0.25) is 0 Å². The molecule has 174 valence electrons. The van der Waals surface area contributed by atoms with Crippen LogP contribution in [0.25, 0.3) is 11.1 Å². The van der Waals surface area contributed by atoms with Crippen molar-refractivity contribution in [2.75, 3.05) is 19.0 Å². The highest BCUT2D eigenvalue weighted by molar-refractivity contribution is 5.94. The van der Waals surface area contributed by atoms with Crippen LogP contribution in [0, 0.1) is 5.92 Å². The van der Waals surface area contributed by atoms with Crippen LogP contribution in [-0.2, 0) is 9.53 Å². The third-order valence-electron chi connectivity index (χ3n) is 6.63. The van der Waals surface area contributed by atoms with Gasteiger partial charge in [-0.15, -0.1) is 0 Å². The number of nitrogens with zero attached hydrogens (tertiary/aromatic N) is 2. The second-order valence-electron chi connectivity index (χ2n) is 8.60. The smallest absolute Gasteiger partial charge is 0.414 e. The number of nitrogens with one attached hydrogen (secondary N) is 1. The molecule has 2 aromatic carbocycles. The molecule has 1 fully saturated rings. The molecule has 1 aromatic heterocycles. The van der Waals surface area contributed by atoms with Gasteiger partial charge >= 0.3 is 12.1 Å². The summed E-state index contributed by atoms with van der Waals surface area (Å²) in [6.45, 7) is 0.148. The van der Waals surface area contributed by atoms with Crippen molar-refractivity contribution in [1.82, 2.24) is 10.1 Å². The summed E-state index contributed by atoms with van der Waals surface area (Å²) in [5.41, 5.74) is 4.50. The van der Waals surface area contributed by atoms with Crippen molar-refractivity contribution in [2.45, 2.75) is 24.8 Å². The lowest BCUT2D eigenvalue weighted by Gasteiger charge is -2.38. The van der Waals surface area contributed by atoms with Gasteiger partial charge in [-0.3, -0.25) is 14.9 Å². The maximum Gasteiger partial charge on any atom is 0.414 e. The first-order valence-corrected chi connectivity index (χ1v) is 11.0. The summed E-state index contributed by atoms with van der Waals surface area (Å²) in [5, 5.41) is 15.2. The Morgan fingerprint density at radius 2 is 1.71 bits per heavy atom. The van der Waals surface area contributed by atoms with Gasteiger partial charge in [0.15, 0.2) is 5.69 Å². The number of fused-ring (bicyclic) bond motifs is 3. The molecule has 2 N–H and O–H groups in total. The second kappa shape index (κ2) is 8.66. The number of amides is 2. The third kappa shape index (κ3) is 3.89. The predicted molar refractivity (Wildman–Crippen MR) is 121 cm³/mol. The fraction of sp³-hybridized carbons (Fsp3) is 0.280. The average Bonchev–Trinajstić information content (AvgIpc) is 3.38. The first-order valence-electron chi connectivity index (χ1n) is 11.0. The van der Waals surface area contributed by atoms with Crippen LogP contribution in [0.3, 0.4) is 0 Å². The highest BCUT2D eigenvalue weighted by atomic mass is 16.6. The monoisotopic (exact) mass is 461 g/mol. The Bertz CT molecular complexity index is 1220. The van der Waals surface area contributed by atoms with Gasteiger partial charge in [0.2, 0.25) is 5.88 Å². The van der Waals surface area contributed by atoms with Crippen molar-refractivity contribution in [3.63, 3.8) is 0 Å². The molecule has 1 saturated carbocycles. The number of benzene rings is 2. The van der Waals surface area contributed by atoms with E-state index in [1.54, 1.807) is 7.05 Å². The molecular weight excluding hydrogens is 438 g/mol. The molecule has 2 aliphatic carbocycles. The molecular formula is C25H23N3O6. The standard InChI is InChI=1S/C25H23N3O6/c1-28(15-10-14(11-15)24(30)31)23(29)21-12-22(34-27-21)26-25(32)33-13-20-18-8-4-2-6-16(18)17-7-3-5-9-19(17)20/h2-9,12,14-15,20H,10-11,13H2,1H3,(H,26,32)(H,30,31). The van der Waals surface area contributed by atoms with Crippen molar-refractivity contribution in [3.8, 4) is 11.1 Å². The van der Waals surface area contributed by atoms with E-state index in [0.29, 0.717) is 12.8 Å². The summed E-state index contributed by atoms with van der Waals surface area (Å²) in [6, 6.07) is 17.3. The number of carboxylic acid groups (broad SMARTS) is 1. The molecule has 3 aromatic rings. The van der Waals surface area contributed by atoms with Crippen LogP contribution in [0.4, 0.5) is 10.7 Å². The number of carboxylic acids is 1. The zero-order chi connectivity index (χ0) is 23.8. The summed E-state index contributed by atoms with van der Waals surface area (Å²) < 4.78 is 10.5. The number of anilines is 1. The number of ether oxygens (including phenoxy) is 1. The molecule has 5 rings (SSSR count). The van der Waals surface area contributed by atoms with Crippen LogP contribution in [0.15, 0.2) is 59.1 Å². The van der Waals surface area contributed by atoms with Crippen molar-refractivity contribution in [3.05, 3.63) is 71.4 Å². The summed E-state index contributed by atoms with van der Waals surface area (Å²) >= 11 is 0. The van der Waals surface area contributed by atoms with Crippen LogP contribution >= 0.6 is 0 Å². The number of aromatic nitrogens is 1. The number of hydrogen-bond donors (Lipinski definition) is 2.